The number of fused-ring (bicyclic) bond motifs is 1. The molecule has 0 amide bonds. The molecule has 36 heavy (non-hydrogen) atoms. The summed E-state index contributed by atoms with van der Waals surface area (Å²) in [6, 6.07) is 21.2. The van der Waals surface area contributed by atoms with E-state index in [1.54, 1.807) is 55.6 Å². The van der Waals surface area contributed by atoms with Crippen LogP contribution in [0.5, 0.6) is 11.6 Å². The van der Waals surface area contributed by atoms with E-state index in [0.717, 1.165) is 14.7 Å². The lowest BCUT2D eigenvalue weighted by Gasteiger charge is -2.16. The number of ether oxygens (including phenoxy) is 1. The first-order valence-electron chi connectivity index (χ1n) is 10.6. The lowest BCUT2D eigenvalue weighted by Crippen LogP contribution is -2.30. The lowest BCUT2D eigenvalue weighted by atomic mass is 10.3. The molecule has 10 nitrogen and oxygen atoms in total. The number of imidazole rings is 1. The van der Waals surface area contributed by atoms with Crippen molar-refractivity contribution < 1.29 is 9.84 Å². The second-order valence-corrected chi connectivity index (χ2v) is 8.80. The zero-order valence-electron chi connectivity index (χ0n) is 18.7. The first-order chi connectivity index (χ1) is 17.4. The predicted octanol–water partition coefficient (Wildman–Crippen LogP) is 6.01. The van der Waals surface area contributed by atoms with Crippen LogP contribution in [0, 0.1) is 4.77 Å². The fraction of sp³-hybridized carbons (Fsp3) is 0.0417. The van der Waals surface area contributed by atoms with E-state index in [2.05, 4.69) is 41.6 Å². The van der Waals surface area contributed by atoms with Gasteiger partial charge in [0.25, 0.3) is 0 Å². The Bertz CT molecular complexity index is 1670. The van der Waals surface area contributed by atoms with Gasteiger partial charge < -0.3 is 14.8 Å². The first kappa shape index (κ1) is 23.5. The Morgan fingerprint density at radius 2 is 1.78 bits per heavy atom. The average Bonchev–Trinajstić information content (AvgIpc) is 3.31. The molecule has 0 aliphatic carbocycles. The standard InChI is InChI=1S/C24H18BrN7O3S/c1-35-17-12-8-15(9-13-17)28-29-20-21(33)31(16-10-6-14(25)7-11-16)24(36)32(22(20)34)30-23-26-18-4-2-3-5-19(18)27-23/h2-13,33H,1H3,(H2,26,27,30). The summed E-state index contributed by atoms with van der Waals surface area (Å²) in [6.45, 7) is 0. The number of aromatic nitrogens is 4. The highest BCUT2D eigenvalue weighted by atomic mass is 79.9. The van der Waals surface area contributed by atoms with Crippen molar-refractivity contribution in [3.8, 4) is 17.3 Å². The number of nitrogens with zero attached hydrogens (tertiary/aromatic N) is 5. The van der Waals surface area contributed by atoms with Crippen LogP contribution in [0.3, 0.4) is 0 Å². The second kappa shape index (κ2) is 9.76. The molecule has 0 saturated heterocycles. The smallest absolute Gasteiger partial charge is 0.305 e. The minimum atomic E-state index is -0.705. The van der Waals surface area contributed by atoms with Gasteiger partial charge in [0.2, 0.25) is 22.3 Å². The van der Waals surface area contributed by atoms with E-state index in [-0.39, 0.29) is 16.4 Å². The summed E-state index contributed by atoms with van der Waals surface area (Å²) in [5, 5.41) is 19.3. The third kappa shape index (κ3) is 4.51. The van der Waals surface area contributed by atoms with Gasteiger partial charge in [-0.3, -0.25) is 14.8 Å². The zero-order valence-corrected chi connectivity index (χ0v) is 21.1. The van der Waals surface area contributed by atoms with Crippen molar-refractivity contribution in [1.82, 2.24) is 19.2 Å². The van der Waals surface area contributed by atoms with Gasteiger partial charge >= 0.3 is 5.56 Å². The van der Waals surface area contributed by atoms with Crippen molar-refractivity contribution >= 4 is 56.5 Å². The minimum absolute atomic E-state index is 0.0244. The van der Waals surface area contributed by atoms with Crippen molar-refractivity contribution in [3.63, 3.8) is 0 Å². The molecule has 0 spiro atoms. The Hall–Kier alpha value is -4.29. The van der Waals surface area contributed by atoms with Crippen LogP contribution in [0.25, 0.3) is 16.7 Å². The Labute approximate surface area is 217 Å². The van der Waals surface area contributed by atoms with Gasteiger partial charge in [-0.25, -0.2) is 4.98 Å². The van der Waals surface area contributed by atoms with Gasteiger partial charge in [0.05, 0.1) is 29.5 Å². The molecule has 5 rings (SSSR count). The lowest BCUT2D eigenvalue weighted by molar-refractivity contribution is 0.415. The average molecular weight is 564 g/mol. The monoisotopic (exact) mass is 563 g/mol. The molecule has 2 aromatic heterocycles. The fourth-order valence-corrected chi connectivity index (χ4v) is 4.05. The summed E-state index contributed by atoms with van der Waals surface area (Å²) in [7, 11) is 1.56. The van der Waals surface area contributed by atoms with E-state index >= 15 is 0 Å². The summed E-state index contributed by atoms with van der Waals surface area (Å²) in [5.41, 5.74) is 4.35. The Morgan fingerprint density at radius 1 is 1.06 bits per heavy atom. The van der Waals surface area contributed by atoms with Crippen molar-refractivity contribution in [2.24, 2.45) is 10.2 Å². The molecule has 5 aromatic rings. The van der Waals surface area contributed by atoms with Crippen molar-refractivity contribution in [2.45, 2.75) is 0 Å². The Morgan fingerprint density at radius 3 is 2.47 bits per heavy atom. The topological polar surface area (TPSA) is 122 Å². The fourth-order valence-electron chi connectivity index (χ4n) is 3.46. The van der Waals surface area contributed by atoms with E-state index in [1.165, 1.54) is 4.57 Å². The largest absolute Gasteiger partial charge is 0.497 e. The van der Waals surface area contributed by atoms with E-state index in [1.807, 2.05) is 24.3 Å². The summed E-state index contributed by atoms with van der Waals surface area (Å²) < 4.78 is 8.36. The number of azo groups is 1. The number of hydrogen-bond donors (Lipinski definition) is 3. The number of H-pyrrole nitrogens is 1. The number of aromatic hydroxyl groups is 1. The Kier molecular flexibility index (Phi) is 6.36. The Balaban J connectivity index is 1.66. The number of benzene rings is 3. The van der Waals surface area contributed by atoms with Gasteiger partial charge in [-0.05, 0) is 72.9 Å². The number of nitrogens with one attached hydrogen (secondary N) is 2. The summed E-state index contributed by atoms with van der Waals surface area (Å²) in [6.07, 6.45) is 0. The predicted molar refractivity (Wildman–Crippen MR) is 143 cm³/mol. The third-order valence-corrected chi connectivity index (χ3v) is 6.14. The summed E-state index contributed by atoms with van der Waals surface area (Å²) >= 11 is 8.99. The van der Waals surface area contributed by atoms with Crippen LogP contribution >= 0.6 is 28.1 Å². The summed E-state index contributed by atoms with van der Waals surface area (Å²) in [4.78, 5) is 21.0. The van der Waals surface area contributed by atoms with E-state index in [4.69, 9.17) is 17.0 Å². The number of methoxy groups -OCH3 is 1. The van der Waals surface area contributed by atoms with Gasteiger partial charge in [-0.15, -0.1) is 5.11 Å². The van der Waals surface area contributed by atoms with Crippen LogP contribution in [0.15, 0.2) is 92.3 Å². The number of rotatable bonds is 6. The van der Waals surface area contributed by atoms with E-state index < -0.39 is 11.4 Å². The number of para-hydroxylation sites is 2. The first-order valence-corrected chi connectivity index (χ1v) is 11.8. The van der Waals surface area contributed by atoms with Crippen LogP contribution in [0.4, 0.5) is 17.3 Å². The van der Waals surface area contributed by atoms with E-state index in [0.29, 0.717) is 22.6 Å². The molecule has 0 fully saturated rings. The highest BCUT2D eigenvalue weighted by Gasteiger charge is 2.19. The second-order valence-electron chi connectivity index (χ2n) is 7.52. The molecular weight excluding hydrogens is 546 g/mol. The number of anilines is 1. The molecule has 0 aliphatic heterocycles. The van der Waals surface area contributed by atoms with E-state index in [9.17, 15) is 9.90 Å². The molecule has 0 saturated carbocycles. The molecule has 2 heterocycles. The number of hydrogen-bond acceptors (Lipinski definition) is 8. The van der Waals surface area contributed by atoms with Gasteiger partial charge in [0, 0.05) is 4.47 Å². The molecule has 0 unspecified atom stereocenters. The molecular formula is C24H18BrN7O3S. The van der Waals surface area contributed by atoms with Crippen molar-refractivity contribution in [2.75, 3.05) is 12.5 Å². The van der Waals surface area contributed by atoms with Gasteiger partial charge in [-0.1, -0.05) is 28.1 Å². The van der Waals surface area contributed by atoms with Gasteiger partial charge in [-0.2, -0.15) is 9.79 Å². The molecule has 3 N–H and O–H groups in total. The zero-order chi connectivity index (χ0) is 25.2. The molecule has 0 radical (unpaired) electrons. The molecule has 3 aromatic carbocycles. The molecule has 180 valence electrons. The highest BCUT2D eigenvalue weighted by molar-refractivity contribution is 9.10. The van der Waals surface area contributed by atoms with Crippen molar-refractivity contribution in [3.05, 3.63) is 92.4 Å². The van der Waals surface area contributed by atoms with Crippen LogP contribution in [-0.4, -0.2) is 31.4 Å². The minimum Gasteiger partial charge on any atom is -0.497 e. The molecule has 12 heteroatoms. The maximum absolute atomic E-state index is 13.4. The van der Waals surface area contributed by atoms with Crippen LogP contribution < -0.4 is 15.7 Å². The molecule has 0 aliphatic rings. The van der Waals surface area contributed by atoms with Crippen LogP contribution in [0.2, 0.25) is 0 Å². The van der Waals surface area contributed by atoms with Gasteiger partial charge in [0.1, 0.15) is 5.75 Å². The maximum atomic E-state index is 13.4. The quantitative estimate of drug-likeness (QED) is 0.172. The number of halogens is 1. The highest BCUT2D eigenvalue weighted by Crippen LogP contribution is 2.29. The van der Waals surface area contributed by atoms with Crippen LogP contribution in [-0.2, 0) is 0 Å². The van der Waals surface area contributed by atoms with Crippen molar-refractivity contribution in [1.29, 1.82) is 0 Å². The summed E-state index contributed by atoms with van der Waals surface area (Å²) in [5.74, 6) is 0.487. The molecule has 0 atom stereocenters. The van der Waals surface area contributed by atoms with Gasteiger partial charge in [0.15, 0.2) is 0 Å². The third-order valence-electron chi connectivity index (χ3n) is 5.24. The molecule has 0 bridgehead atoms. The SMILES string of the molecule is COc1ccc(N=Nc2c(O)n(-c3ccc(Br)cc3)c(=S)n(Nc3nc4ccccc4[nH]3)c2=O)cc1. The van der Waals surface area contributed by atoms with Crippen LogP contribution in [0.1, 0.15) is 0 Å². The number of aromatic amines is 1. The normalized spacial score (nSPS) is 11.3. The maximum Gasteiger partial charge on any atom is 0.305 e.